The van der Waals surface area contributed by atoms with Crippen LogP contribution in [0.3, 0.4) is 0 Å². The van der Waals surface area contributed by atoms with Gasteiger partial charge in [-0.15, -0.1) is 0 Å². The summed E-state index contributed by atoms with van der Waals surface area (Å²) in [6.45, 7) is 5.66. The summed E-state index contributed by atoms with van der Waals surface area (Å²) in [5.41, 5.74) is 0.687. The van der Waals surface area contributed by atoms with Gasteiger partial charge in [0.25, 0.3) is 5.91 Å². The molecule has 1 N–H and O–H groups in total. The number of hydrogen-bond donors (Lipinski definition) is 1. The van der Waals surface area contributed by atoms with E-state index >= 15 is 0 Å². The Balaban J connectivity index is 2.22. The summed E-state index contributed by atoms with van der Waals surface area (Å²) in [7, 11) is 1.32. The summed E-state index contributed by atoms with van der Waals surface area (Å²) in [5, 5.41) is 14.0. The standard InChI is InChI=1S/C24H31N3O6/c1-5-17(3)25-24(29)20(6-2)26(15-18-10-8-7-9-11-18)23(28)16-33-19-12-13-21(27(30)31)22(14-19)32-4/h7-14,17,20H,5-6,15-16H2,1-4H3,(H,25,29)/t17-,20-/m1/s1. The molecule has 0 aliphatic heterocycles. The fourth-order valence-corrected chi connectivity index (χ4v) is 3.27. The number of hydrogen-bond acceptors (Lipinski definition) is 6. The number of ether oxygens (including phenoxy) is 2. The first-order valence-corrected chi connectivity index (χ1v) is 10.9. The van der Waals surface area contributed by atoms with Crippen molar-refractivity contribution in [3.8, 4) is 11.5 Å². The van der Waals surface area contributed by atoms with Crippen LogP contribution in [0.1, 0.15) is 39.2 Å². The lowest BCUT2D eigenvalue weighted by Crippen LogP contribution is -2.51. The minimum Gasteiger partial charge on any atom is -0.490 e. The van der Waals surface area contributed by atoms with Gasteiger partial charge in [0.15, 0.2) is 6.61 Å². The quantitative estimate of drug-likeness (QED) is 0.384. The number of nitrogens with one attached hydrogen (secondary N) is 1. The molecule has 2 aromatic rings. The summed E-state index contributed by atoms with van der Waals surface area (Å²) < 4.78 is 10.7. The number of methoxy groups -OCH3 is 1. The molecule has 0 saturated heterocycles. The third-order valence-electron chi connectivity index (χ3n) is 5.29. The molecular weight excluding hydrogens is 426 g/mol. The van der Waals surface area contributed by atoms with Crippen LogP contribution in [0.5, 0.6) is 11.5 Å². The summed E-state index contributed by atoms with van der Waals surface area (Å²) in [6, 6.07) is 12.8. The van der Waals surface area contributed by atoms with Crippen molar-refractivity contribution < 1.29 is 24.0 Å². The Morgan fingerprint density at radius 2 is 1.82 bits per heavy atom. The molecule has 0 heterocycles. The van der Waals surface area contributed by atoms with Crippen molar-refractivity contribution in [1.82, 2.24) is 10.2 Å². The molecule has 0 saturated carbocycles. The highest BCUT2D eigenvalue weighted by molar-refractivity contribution is 5.88. The van der Waals surface area contributed by atoms with Gasteiger partial charge in [-0.3, -0.25) is 19.7 Å². The molecule has 2 rings (SSSR count). The number of nitro groups is 1. The number of rotatable bonds is 12. The first-order chi connectivity index (χ1) is 15.8. The maximum Gasteiger partial charge on any atom is 0.311 e. The first-order valence-electron chi connectivity index (χ1n) is 10.9. The topological polar surface area (TPSA) is 111 Å². The van der Waals surface area contributed by atoms with E-state index in [1.165, 1.54) is 30.2 Å². The van der Waals surface area contributed by atoms with E-state index in [4.69, 9.17) is 9.47 Å². The van der Waals surface area contributed by atoms with Crippen LogP contribution in [0.2, 0.25) is 0 Å². The van der Waals surface area contributed by atoms with Gasteiger partial charge in [0, 0.05) is 24.7 Å². The first kappa shape index (κ1) is 25.6. The van der Waals surface area contributed by atoms with E-state index in [9.17, 15) is 19.7 Å². The summed E-state index contributed by atoms with van der Waals surface area (Å²) in [4.78, 5) is 38.1. The van der Waals surface area contributed by atoms with Crippen molar-refractivity contribution in [3.63, 3.8) is 0 Å². The Bertz CT molecular complexity index is 950. The molecule has 2 atom stereocenters. The lowest BCUT2D eigenvalue weighted by Gasteiger charge is -2.31. The van der Waals surface area contributed by atoms with Gasteiger partial charge in [-0.05, 0) is 31.4 Å². The molecule has 2 amide bonds. The predicted octanol–water partition coefficient (Wildman–Crippen LogP) is 3.70. The average molecular weight is 458 g/mol. The van der Waals surface area contributed by atoms with E-state index in [1.807, 2.05) is 51.1 Å². The van der Waals surface area contributed by atoms with E-state index < -0.39 is 11.0 Å². The predicted molar refractivity (Wildman–Crippen MR) is 124 cm³/mol. The van der Waals surface area contributed by atoms with Crippen LogP contribution < -0.4 is 14.8 Å². The Labute approximate surface area is 193 Å². The second-order valence-corrected chi connectivity index (χ2v) is 7.63. The molecule has 0 unspecified atom stereocenters. The van der Waals surface area contributed by atoms with Crippen LogP contribution in [0.15, 0.2) is 48.5 Å². The molecule has 9 heteroatoms. The number of nitrogens with zero attached hydrogens (tertiary/aromatic N) is 2. The van der Waals surface area contributed by atoms with Crippen LogP contribution in [-0.2, 0) is 16.1 Å². The molecule has 0 spiro atoms. The number of benzene rings is 2. The van der Waals surface area contributed by atoms with Gasteiger partial charge in [0.1, 0.15) is 11.8 Å². The molecule has 33 heavy (non-hydrogen) atoms. The minimum atomic E-state index is -0.665. The van der Waals surface area contributed by atoms with Gasteiger partial charge in [0.2, 0.25) is 11.7 Å². The fourth-order valence-electron chi connectivity index (χ4n) is 3.27. The van der Waals surface area contributed by atoms with Crippen LogP contribution in [0.25, 0.3) is 0 Å². The largest absolute Gasteiger partial charge is 0.490 e. The SMILES string of the molecule is CC[C@@H](C)NC(=O)[C@@H](CC)N(Cc1ccccc1)C(=O)COc1ccc([N+](=O)[O-])c(OC)c1. The lowest BCUT2D eigenvalue weighted by molar-refractivity contribution is -0.385. The second-order valence-electron chi connectivity index (χ2n) is 7.63. The fraction of sp³-hybridized carbons (Fsp3) is 0.417. The highest BCUT2D eigenvalue weighted by Gasteiger charge is 2.29. The third kappa shape index (κ3) is 7.20. The molecule has 178 valence electrons. The Kier molecular flexibility index (Phi) is 9.65. The molecule has 2 aromatic carbocycles. The van der Waals surface area contributed by atoms with E-state index in [0.717, 1.165) is 12.0 Å². The molecule has 0 aromatic heterocycles. The van der Waals surface area contributed by atoms with Crippen molar-refractivity contribution in [1.29, 1.82) is 0 Å². The van der Waals surface area contributed by atoms with Gasteiger partial charge in [-0.2, -0.15) is 0 Å². The van der Waals surface area contributed by atoms with Gasteiger partial charge < -0.3 is 19.7 Å². The zero-order chi connectivity index (χ0) is 24.4. The van der Waals surface area contributed by atoms with E-state index in [-0.39, 0.29) is 48.2 Å². The van der Waals surface area contributed by atoms with E-state index in [2.05, 4.69) is 5.32 Å². The monoisotopic (exact) mass is 457 g/mol. The average Bonchev–Trinajstić information content (AvgIpc) is 2.82. The van der Waals surface area contributed by atoms with Gasteiger partial charge in [-0.1, -0.05) is 44.2 Å². The highest BCUT2D eigenvalue weighted by Crippen LogP contribution is 2.30. The Morgan fingerprint density at radius 3 is 2.39 bits per heavy atom. The number of amides is 2. The van der Waals surface area contributed by atoms with E-state index in [0.29, 0.717) is 6.42 Å². The van der Waals surface area contributed by atoms with Crippen molar-refractivity contribution >= 4 is 17.5 Å². The van der Waals surface area contributed by atoms with Crippen LogP contribution in [0.4, 0.5) is 5.69 Å². The zero-order valence-corrected chi connectivity index (χ0v) is 19.4. The van der Waals surface area contributed by atoms with Gasteiger partial charge in [0.05, 0.1) is 12.0 Å². The zero-order valence-electron chi connectivity index (χ0n) is 19.4. The molecule has 9 nitrogen and oxygen atoms in total. The number of nitro benzene ring substituents is 1. The van der Waals surface area contributed by atoms with E-state index in [1.54, 1.807) is 0 Å². The second kappa shape index (κ2) is 12.4. The van der Waals surface area contributed by atoms with Crippen molar-refractivity contribution in [3.05, 3.63) is 64.2 Å². The van der Waals surface area contributed by atoms with Gasteiger partial charge in [-0.25, -0.2) is 0 Å². The van der Waals surface area contributed by atoms with Crippen LogP contribution >= 0.6 is 0 Å². The molecule has 0 aliphatic rings. The molecule has 0 fully saturated rings. The normalized spacial score (nSPS) is 12.4. The summed E-state index contributed by atoms with van der Waals surface area (Å²) >= 11 is 0. The molecular formula is C24H31N3O6. The Morgan fingerprint density at radius 1 is 1.12 bits per heavy atom. The maximum atomic E-state index is 13.2. The maximum absolute atomic E-state index is 13.2. The van der Waals surface area contributed by atoms with Crippen LogP contribution in [-0.4, -0.2) is 47.4 Å². The summed E-state index contributed by atoms with van der Waals surface area (Å²) in [6.07, 6.45) is 1.21. The van der Waals surface area contributed by atoms with Crippen LogP contribution in [0, 0.1) is 10.1 Å². The summed E-state index contributed by atoms with van der Waals surface area (Å²) in [5.74, 6) is -0.302. The molecule has 0 radical (unpaired) electrons. The molecule has 0 aliphatic carbocycles. The van der Waals surface area contributed by atoms with Crippen molar-refractivity contribution in [2.75, 3.05) is 13.7 Å². The lowest BCUT2D eigenvalue weighted by atomic mass is 10.1. The smallest absolute Gasteiger partial charge is 0.311 e. The highest BCUT2D eigenvalue weighted by atomic mass is 16.6. The van der Waals surface area contributed by atoms with Crippen molar-refractivity contribution in [2.24, 2.45) is 0 Å². The minimum absolute atomic E-state index is 0.0101. The number of carbonyl (C=O) groups excluding carboxylic acids is 2. The third-order valence-corrected chi connectivity index (χ3v) is 5.29. The number of carbonyl (C=O) groups is 2. The Hall–Kier alpha value is -3.62. The molecule has 0 bridgehead atoms. The van der Waals surface area contributed by atoms with Crippen molar-refractivity contribution in [2.45, 2.75) is 52.2 Å². The van der Waals surface area contributed by atoms with Gasteiger partial charge >= 0.3 is 5.69 Å².